The summed E-state index contributed by atoms with van der Waals surface area (Å²) < 4.78 is 40.0. The summed E-state index contributed by atoms with van der Waals surface area (Å²) in [6, 6.07) is 1.35. The van der Waals surface area contributed by atoms with Gasteiger partial charge in [-0.2, -0.15) is 18.3 Å². The molecule has 122 valence electrons. The Bertz CT molecular complexity index is 556. The summed E-state index contributed by atoms with van der Waals surface area (Å²) in [7, 11) is 0. The molecule has 2 rings (SSSR count). The molecule has 0 saturated heterocycles. The highest BCUT2D eigenvalue weighted by Gasteiger charge is 2.48. The molecule has 1 saturated carbocycles. The molecule has 1 aliphatic carbocycles. The van der Waals surface area contributed by atoms with Gasteiger partial charge in [0.05, 0.1) is 5.92 Å². The number of amides is 1. The second kappa shape index (κ2) is 6.37. The van der Waals surface area contributed by atoms with Crippen molar-refractivity contribution in [1.29, 1.82) is 0 Å². The topological polar surface area (TPSA) is 84.2 Å². The van der Waals surface area contributed by atoms with Crippen molar-refractivity contribution >= 4 is 17.7 Å². The zero-order valence-corrected chi connectivity index (χ0v) is 11.6. The molecule has 0 aromatic carbocycles. The monoisotopic (exact) mass is 319 g/mol. The number of carboxylic acid groups (broad SMARTS) is 1. The molecule has 0 spiro atoms. The van der Waals surface area contributed by atoms with Crippen molar-refractivity contribution in [3.8, 4) is 0 Å². The smallest absolute Gasteiger partial charge is 0.392 e. The van der Waals surface area contributed by atoms with Crippen LogP contribution >= 0.6 is 0 Å². The second-order valence-electron chi connectivity index (χ2n) is 5.32. The van der Waals surface area contributed by atoms with E-state index in [2.05, 4.69) is 10.4 Å². The standard InChI is InChI=1S/C13H16F3N3O3/c14-13(15,16)9-4-2-1-3-8(9)12(22)17-10-5-6-19(18-10)7-11(20)21/h5-6,8-9H,1-4,7H2,(H,20,21)(H,17,18,22). The van der Waals surface area contributed by atoms with Crippen molar-refractivity contribution < 1.29 is 27.9 Å². The summed E-state index contributed by atoms with van der Waals surface area (Å²) in [5, 5.41) is 14.8. The molecule has 0 aliphatic heterocycles. The molecule has 0 radical (unpaired) electrons. The summed E-state index contributed by atoms with van der Waals surface area (Å²) in [4.78, 5) is 22.6. The van der Waals surface area contributed by atoms with E-state index in [9.17, 15) is 22.8 Å². The van der Waals surface area contributed by atoms with Gasteiger partial charge in [0, 0.05) is 18.2 Å². The number of carbonyl (C=O) groups excluding carboxylic acids is 1. The average molecular weight is 319 g/mol. The van der Waals surface area contributed by atoms with Crippen LogP contribution < -0.4 is 5.32 Å². The number of rotatable bonds is 4. The molecule has 1 heterocycles. The van der Waals surface area contributed by atoms with Gasteiger partial charge in [-0.05, 0) is 12.8 Å². The van der Waals surface area contributed by atoms with Crippen LogP contribution in [-0.4, -0.2) is 32.9 Å². The SMILES string of the molecule is O=C(O)Cn1ccc(NC(=O)C2CCCCC2C(F)(F)F)n1. The van der Waals surface area contributed by atoms with E-state index in [1.165, 1.54) is 12.3 Å². The van der Waals surface area contributed by atoms with Crippen molar-refractivity contribution in [3.63, 3.8) is 0 Å². The molecule has 9 heteroatoms. The number of nitrogens with one attached hydrogen (secondary N) is 1. The van der Waals surface area contributed by atoms with E-state index in [0.29, 0.717) is 12.8 Å². The third kappa shape index (κ3) is 3.99. The fourth-order valence-electron chi connectivity index (χ4n) is 2.71. The summed E-state index contributed by atoms with van der Waals surface area (Å²) in [5.74, 6) is -4.54. The van der Waals surface area contributed by atoms with E-state index in [-0.39, 0.29) is 25.2 Å². The van der Waals surface area contributed by atoms with Crippen molar-refractivity contribution in [2.45, 2.75) is 38.4 Å². The zero-order valence-electron chi connectivity index (χ0n) is 11.6. The molecule has 1 aromatic heterocycles. The highest BCUT2D eigenvalue weighted by molar-refractivity contribution is 5.92. The van der Waals surface area contributed by atoms with E-state index < -0.39 is 29.9 Å². The van der Waals surface area contributed by atoms with E-state index in [1.807, 2.05) is 0 Å². The molecule has 2 N–H and O–H groups in total. The summed E-state index contributed by atoms with van der Waals surface area (Å²) in [6.07, 6.45) is -1.88. The number of carbonyl (C=O) groups is 2. The van der Waals surface area contributed by atoms with Gasteiger partial charge in [0.25, 0.3) is 0 Å². The quantitative estimate of drug-likeness (QED) is 0.891. The number of halogens is 3. The van der Waals surface area contributed by atoms with Crippen LogP contribution in [0.5, 0.6) is 0 Å². The summed E-state index contributed by atoms with van der Waals surface area (Å²) >= 11 is 0. The van der Waals surface area contributed by atoms with E-state index >= 15 is 0 Å². The van der Waals surface area contributed by atoms with E-state index in [1.54, 1.807) is 0 Å². The predicted octanol–water partition coefficient (Wildman–Crippen LogP) is 2.27. The number of aromatic nitrogens is 2. The molecule has 0 bridgehead atoms. The first kappa shape index (κ1) is 16.3. The highest BCUT2D eigenvalue weighted by atomic mass is 19.4. The van der Waals surface area contributed by atoms with Gasteiger partial charge in [0.15, 0.2) is 5.82 Å². The lowest BCUT2D eigenvalue weighted by Crippen LogP contribution is -2.39. The summed E-state index contributed by atoms with van der Waals surface area (Å²) in [6.45, 7) is -0.384. The second-order valence-corrected chi connectivity index (χ2v) is 5.32. The fraction of sp³-hybridized carbons (Fsp3) is 0.615. The number of alkyl halides is 3. The van der Waals surface area contributed by atoms with Gasteiger partial charge in [0.2, 0.25) is 5.91 Å². The first-order valence-electron chi connectivity index (χ1n) is 6.90. The average Bonchev–Trinajstić information content (AvgIpc) is 2.84. The van der Waals surface area contributed by atoms with Gasteiger partial charge in [-0.25, -0.2) is 0 Å². The molecule has 1 aromatic rings. The Hall–Kier alpha value is -2.06. The highest BCUT2D eigenvalue weighted by Crippen LogP contribution is 2.41. The van der Waals surface area contributed by atoms with Crippen LogP contribution in [0.25, 0.3) is 0 Å². The minimum absolute atomic E-state index is 0.0466. The number of hydrogen-bond donors (Lipinski definition) is 2. The molecular formula is C13H16F3N3O3. The third-order valence-electron chi connectivity index (χ3n) is 3.71. The third-order valence-corrected chi connectivity index (χ3v) is 3.71. The molecule has 22 heavy (non-hydrogen) atoms. The van der Waals surface area contributed by atoms with Crippen LogP contribution in [-0.2, 0) is 16.1 Å². The Morgan fingerprint density at radius 2 is 2.05 bits per heavy atom. The fourth-order valence-corrected chi connectivity index (χ4v) is 2.71. The molecule has 2 atom stereocenters. The van der Waals surface area contributed by atoms with Crippen molar-refractivity contribution in [2.24, 2.45) is 11.8 Å². The van der Waals surface area contributed by atoms with E-state index in [0.717, 1.165) is 4.68 Å². The van der Waals surface area contributed by atoms with Crippen molar-refractivity contribution in [3.05, 3.63) is 12.3 Å². The Morgan fingerprint density at radius 3 is 2.68 bits per heavy atom. The summed E-state index contributed by atoms with van der Waals surface area (Å²) in [5.41, 5.74) is 0. The van der Waals surface area contributed by atoms with Crippen molar-refractivity contribution in [2.75, 3.05) is 5.32 Å². The Balaban J connectivity index is 2.03. The van der Waals surface area contributed by atoms with Crippen LogP contribution in [0, 0.1) is 11.8 Å². The minimum Gasteiger partial charge on any atom is -0.480 e. The molecule has 1 amide bonds. The number of aliphatic carboxylic acids is 1. The predicted molar refractivity (Wildman–Crippen MR) is 70.0 cm³/mol. The number of anilines is 1. The maximum Gasteiger partial charge on any atom is 0.392 e. The molecule has 1 aliphatic rings. The Morgan fingerprint density at radius 1 is 1.36 bits per heavy atom. The zero-order chi connectivity index (χ0) is 16.3. The Kier molecular flexibility index (Phi) is 4.72. The lowest BCUT2D eigenvalue weighted by atomic mass is 9.78. The molecule has 1 fully saturated rings. The lowest BCUT2D eigenvalue weighted by Gasteiger charge is -2.31. The maximum atomic E-state index is 13.0. The number of hydrogen-bond acceptors (Lipinski definition) is 3. The van der Waals surface area contributed by atoms with Gasteiger partial charge in [-0.3, -0.25) is 14.3 Å². The lowest BCUT2D eigenvalue weighted by molar-refractivity contribution is -0.197. The Labute approximate surface area is 124 Å². The molecular weight excluding hydrogens is 303 g/mol. The van der Waals surface area contributed by atoms with Crippen LogP contribution in [0.1, 0.15) is 25.7 Å². The number of nitrogens with zero attached hydrogens (tertiary/aromatic N) is 2. The first-order valence-corrected chi connectivity index (χ1v) is 6.90. The van der Waals surface area contributed by atoms with Crippen LogP contribution in [0.15, 0.2) is 12.3 Å². The van der Waals surface area contributed by atoms with Gasteiger partial charge >= 0.3 is 12.1 Å². The first-order chi connectivity index (χ1) is 10.3. The van der Waals surface area contributed by atoms with Gasteiger partial charge in [-0.15, -0.1) is 0 Å². The normalized spacial score (nSPS) is 22.3. The van der Waals surface area contributed by atoms with Crippen LogP contribution in [0.4, 0.5) is 19.0 Å². The van der Waals surface area contributed by atoms with Gasteiger partial charge < -0.3 is 10.4 Å². The molecule has 6 nitrogen and oxygen atoms in total. The van der Waals surface area contributed by atoms with Crippen LogP contribution in [0.2, 0.25) is 0 Å². The van der Waals surface area contributed by atoms with E-state index in [4.69, 9.17) is 5.11 Å². The van der Waals surface area contributed by atoms with Crippen LogP contribution in [0.3, 0.4) is 0 Å². The van der Waals surface area contributed by atoms with Gasteiger partial charge in [-0.1, -0.05) is 12.8 Å². The maximum absolute atomic E-state index is 13.0. The molecule has 2 unspecified atom stereocenters. The van der Waals surface area contributed by atoms with Gasteiger partial charge in [0.1, 0.15) is 6.54 Å². The number of carboxylic acids is 1. The largest absolute Gasteiger partial charge is 0.480 e. The van der Waals surface area contributed by atoms with Crippen molar-refractivity contribution in [1.82, 2.24) is 9.78 Å². The minimum atomic E-state index is -4.40.